The Balaban J connectivity index is 1.44. The predicted octanol–water partition coefficient (Wildman–Crippen LogP) is 1.83. The maximum absolute atomic E-state index is 13.4. The molecule has 2 atom stereocenters. The van der Waals surface area contributed by atoms with Crippen LogP contribution in [0, 0.1) is 5.82 Å². The summed E-state index contributed by atoms with van der Waals surface area (Å²) in [5.74, 6) is -0.544. The summed E-state index contributed by atoms with van der Waals surface area (Å²) in [6.45, 7) is 0.455. The van der Waals surface area contributed by atoms with Gasteiger partial charge >= 0.3 is 0 Å². The summed E-state index contributed by atoms with van der Waals surface area (Å²) in [6.07, 6.45) is 2.90. The van der Waals surface area contributed by atoms with Crippen LogP contribution in [0.25, 0.3) is 0 Å². The van der Waals surface area contributed by atoms with E-state index in [4.69, 9.17) is 0 Å². The second kappa shape index (κ2) is 7.74. The first-order chi connectivity index (χ1) is 13.8. The zero-order valence-corrected chi connectivity index (χ0v) is 16.8. The average Bonchev–Trinajstić information content (AvgIpc) is 3.15. The van der Waals surface area contributed by atoms with Gasteiger partial charge in [0.15, 0.2) is 0 Å². The number of aryl methyl sites for hydroxylation is 1. The molecule has 1 amide bonds. The Bertz CT molecular complexity index is 1040. The number of sulfonamides is 1. The minimum absolute atomic E-state index is 0.108. The smallest absolute Gasteiger partial charge is 0.252 e. The summed E-state index contributed by atoms with van der Waals surface area (Å²) in [4.78, 5) is 12.7. The fraction of sp³-hybridized carbons (Fsp3) is 0.350. The first-order valence-electron chi connectivity index (χ1n) is 9.49. The summed E-state index contributed by atoms with van der Waals surface area (Å²) in [5.41, 5.74) is 8.88. The number of amides is 1. The van der Waals surface area contributed by atoms with Crippen LogP contribution in [0.3, 0.4) is 0 Å². The van der Waals surface area contributed by atoms with Gasteiger partial charge in [-0.1, -0.05) is 12.1 Å². The zero-order valence-electron chi connectivity index (χ0n) is 16.0. The third-order valence-corrected chi connectivity index (χ3v) is 6.46. The van der Waals surface area contributed by atoms with Crippen molar-refractivity contribution in [1.82, 2.24) is 16.2 Å². The van der Waals surface area contributed by atoms with Crippen molar-refractivity contribution in [3.8, 4) is 0 Å². The van der Waals surface area contributed by atoms with Crippen LogP contribution in [0.1, 0.15) is 40.4 Å². The lowest BCUT2D eigenvalue weighted by Crippen LogP contribution is -2.44. The number of hydrazine groups is 1. The minimum atomic E-state index is -3.34. The van der Waals surface area contributed by atoms with Crippen molar-refractivity contribution in [3.05, 3.63) is 65.0 Å². The van der Waals surface area contributed by atoms with E-state index in [1.165, 1.54) is 22.7 Å². The SMILES string of the molecule is CS(=O)(=O)N1CCCc2cc(C(=O)NC3CC(c4cccc(F)c4)NN3)ccc21. The third-order valence-electron chi connectivity index (χ3n) is 5.28. The molecule has 2 aromatic carbocycles. The number of rotatable bonds is 4. The highest BCUT2D eigenvalue weighted by Gasteiger charge is 2.28. The number of nitrogens with zero attached hydrogens (tertiary/aromatic N) is 1. The standard InChI is InChI=1S/C20H23FN4O3S/c1-29(27,28)25-9-3-5-14-10-15(7-8-18(14)25)20(26)22-19-12-17(23-24-19)13-4-2-6-16(21)11-13/h2,4,6-8,10-11,17,19,23-24H,3,5,9,12H2,1H3,(H,22,26). The Morgan fingerprint density at radius 3 is 2.79 bits per heavy atom. The summed E-state index contributed by atoms with van der Waals surface area (Å²) in [5, 5.41) is 2.92. The zero-order chi connectivity index (χ0) is 20.6. The average molecular weight is 418 g/mol. The van der Waals surface area contributed by atoms with Gasteiger partial charge in [-0.25, -0.2) is 23.7 Å². The number of halogens is 1. The molecule has 29 heavy (non-hydrogen) atoms. The molecule has 1 saturated heterocycles. The fourth-order valence-corrected chi connectivity index (χ4v) is 4.88. The van der Waals surface area contributed by atoms with Gasteiger partial charge in [0.2, 0.25) is 10.0 Å². The second-order valence-corrected chi connectivity index (χ2v) is 9.35. The highest BCUT2D eigenvalue weighted by atomic mass is 32.2. The number of hydrogen-bond acceptors (Lipinski definition) is 5. The maximum atomic E-state index is 13.4. The highest BCUT2D eigenvalue weighted by Crippen LogP contribution is 2.30. The van der Waals surface area contributed by atoms with Crippen molar-refractivity contribution >= 4 is 21.6 Å². The number of nitrogens with one attached hydrogen (secondary N) is 3. The van der Waals surface area contributed by atoms with Gasteiger partial charge in [-0.3, -0.25) is 9.10 Å². The van der Waals surface area contributed by atoms with E-state index >= 15 is 0 Å². The second-order valence-electron chi connectivity index (χ2n) is 7.44. The quantitative estimate of drug-likeness (QED) is 0.705. The van der Waals surface area contributed by atoms with E-state index in [1.54, 1.807) is 24.3 Å². The molecule has 154 valence electrons. The molecular formula is C20H23FN4O3S. The van der Waals surface area contributed by atoms with Crippen molar-refractivity contribution in [3.63, 3.8) is 0 Å². The first-order valence-corrected chi connectivity index (χ1v) is 11.3. The van der Waals surface area contributed by atoms with Crippen LogP contribution in [0.2, 0.25) is 0 Å². The first kappa shape index (κ1) is 19.8. The normalized spacial score (nSPS) is 21.7. The molecule has 2 aliphatic heterocycles. The Morgan fingerprint density at radius 1 is 1.21 bits per heavy atom. The van der Waals surface area contributed by atoms with Crippen molar-refractivity contribution in [2.24, 2.45) is 0 Å². The summed E-state index contributed by atoms with van der Waals surface area (Å²) in [6, 6.07) is 11.4. The van der Waals surface area contributed by atoms with E-state index in [0.29, 0.717) is 30.6 Å². The van der Waals surface area contributed by atoms with Gasteiger partial charge in [0.25, 0.3) is 5.91 Å². The van der Waals surface area contributed by atoms with E-state index < -0.39 is 10.0 Å². The molecule has 0 aliphatic carbocycles. The van der Waals surface area contributed by atoms with Crippen molar-refractivity contribution in [2.45, 2.75) is 31.5 Å². The van der Waals surface area contributed by atoms with Crippen LogP contribution in [0.4, 0.5) is 10.1 Å². The molecular weight excluding hydrogens is 395 g/mol. The molecule has 2 aromatic rings. The molecule has 0 spiro atoms. The van der Waals surface area contributed by atoms with Gasteiger partial charge < -0.3 is 5.32 Å². The molecule has 2 heterocycles. The monoisotopic (exact) mass is 418 g/mol. The summed E-state index contributed by atoms with van der Waals surface area (Å²) in [7, 11) is -3.34. The van der Waals surface area contributed by atoms with Crippen LogP contribution in [0.5, 0.6) is 0 Å². The van der Waals surface area contributed by atoms with Gasteiger partial charge in [-0.05, 0) is 54.3 Å². The topological polar surface area (TPSA) is 90.5 Å². The van der Waals surface area contributed by atoms with Crippen LogP contribution in [0.15, 0.2) is 42.5 Å². The molecule has 1 fully saturated rings. The van der Waals surface area contributed by atoms with Gasteiger partial charge in [-0.15, -0.1) is 0 Å². The Morgan fingerprint density at radius 2 is 2.03 bits per heavy atom. The molecule has 0 aromatic heterocycles. The molecule has 7 nitrogen and oxygen atoms in total. The number of fused-ring (bicyclic) bond motifs is 1. The lowest BCUT2D eigenvalue weighted by atomic mass is 10.00. The number of anilines is 1. The van der Waals surface area contributed by atoms with Gasteiger partial charge in [0, 0.05) is 24.6 Å². The van der Waals surface area contributed by atoms with Gasteiger partial charge in [-0.2, -0.15) is 0 Å². The van der Waals surface area contributed by atoms with E-state index in [1.807, 2.05) is 6.07 Å². The van der Waals surface area contributed by atoms with E-state index in [0.717, 1.165) is 17.5 Å². The van der Waals surface area contributed by atoms with Crippen molar-refractivity contribution < 1.29 is 17.6 Å². The number of benzene rings is 2. The van der Waals surface area contributed by atoms with Gasteiger partial charge in [0.05, 0.1) is 18.1 Å². The number of carbonyl (C=O) groups is 1. The molecule has 0 radical (unpaired) electrons. The highest BCUT2D eigenvalue weighted by molar-refractivity contribution is 7.92. The van der Waals surface area contributed by atoms with Crippen LogP contribution < -0.4 is 20.5 Å². The van der Waals surface area contributed by atoms with E-state index in [-0.39, 0.29) is 23.9 Å². The Labute approximate surface area is 169 Å². The minimum Gasteiger partial charge on any atom is -0.335 e. The predicted molar refractivity (Wildman–Crippen MR) is 108 cm³/mol. The van der Waals surface area contributed by atoms with E-state index in [2.05, 4.69) is 16.2 Å². The lowest BCUT2D eigenvalue weighted by molar-refractivity contribution is 0.0932. The van der Waals surface area contributed by atoms with Crippen LogP contribution >= 0.6 is 0 Å². The third kappa shape index (κ3) is 4.26. The largest absolute Gasteiger partial charge is 0.335 e. The molecule has 4 rings (SSSR count). The molecule has 0 bridgehead atoms. The molecule has 3 N–H and O–H groups in total. The summed E-state index contributed by atoms with van der Waals surface area (Å²) < 4.78 is 38.8. The van der Waals surface area contributed by atoms with E-state index in [9.17, 15) is 17.6 Å². The van der Waals surface area contributed by atoms with Crippen molar-refractivity contribution in [1.29, 1.82) is 0 Å². The molecule has 0 saturated carbocycles. The van der Waals surface area contributed by atoms with Gasteiger partial charge in [0.1, 0.15) is 5.82 Å². The fourth-order valence-electron chi connectivity index (χ4n) is 3.88. The van der Waals surface area contributed by atoms with Crippen LogP contribution in [-0.2, 0) is 16.4 Å². The lowest BCUT2D eigenvalue weighted by Gasteiger charge is -2.29. The Kier molecular flexibility index (Phi) is 5.28. The van der Waals surface area contributed by atoms with Crippen molar-refractivity contribution in [2.75, 3.05) is 17.1 Å². The molecule has 2 aliphatic rings. The number of carbonyl (C=O) groups excluding carboxylic acids is 1. The number of hydrogen-bond donors (Lipinski definition) is 3. The Hall–Kier alpha value is -2.49. The van der Waals surface area contributed by atoms with Crippen LogP contribution in [-0.4, -0.2) is 33.3 Å². The summed E-state index contributed by atoms with van der Waals surface area (Å²) >= 11 is 0. The molecule has 9 heteroatoms. The molecule has 2 unspecified atom stereocenters. The maximum Gasteiger partial charge on any atom is 0.252 e.